The van der Waals surface area contributed by atoms with Crippen molar-refractivity contribution in [3.63, 3.8) is 0 Å². The maximum atomic E-state index is 11.1. The Morgan fingerprint density at radius 2 is 2.14 bits per heavy atom. The Balaban J connectivity index is 2.87. The van der Waals surface area contributed by atoms with E-state index in [0.717, 1.165) is 8.96 Å². The van der Waals surface area contributed by atoms with Gasteiger partial charge in [-0.2, -0.15) is 0 Å². The number of fused-ring (bicyclic) bond motifs is 1. The van der Waals surface area contributed by atoms with Crippen molar-refractivity contribution in [2.24, 2.45) is 0 Å². The molecule has 0 saturated carbocycles. The quantitative estimate of drug-likeness (QED) is 0.646. The zero-order chi connectivity index (χ0) is 10.1. The molecule has 2 rings (SSSR count). The summed E-state index contributed by atoms with van der Waals surface area (Å²) < 4.78 is 6.01. The van der Waals surface area contributed by atoms with E-state index in [9.17, 15) is 4.79 Å². The molecule has 0 aliphatic rings. The summed E-state index contributed by atoms with van der Waals surface area (Å²) in [4.78, 5) is 11.1. The van der Waals surface area contributed by atoms with E-state index in [1.807, 2.05) is 12.1 Å². The maximum Gasteiger partial charge on any atom is 0.336 e. The van der Waals surface area contributed by atoms with E-state index in [1.165, 1.54) is 6.07 Å². The van der Waals surface area contributed by atoms with Crippen LogP contribution in [0.3, 0.4) is 0 Å². The molecule has 4 heteroatoms. The van der Waals surface area contributed by atoms with E-state index in [2.05, 4.69) is 22.6 Å². The lowest BCUT2D eigenvalue weighted by Crippen LogP contribution is -2.00. The largest absolute Gasteiger partial charge is 0.423 e. The molecular formula is C10H7IO3. The summed E-state index contributed by atoms with van der Waals surface area (Å²) in [6, 6.07) is 6.83. The van der Waals surface area contributed by atoms with Crippen LogP contribution in [0.2, 0.25) is 0 Å². The second kappa shape index (κ2) is 3.70. The molecule has 0 atom stereocenters. The highest BCUT2D eigenvalue weighted by Crippen LogP contribution is 2.19. The highest BCUT2D eigenvalue weighted by molar-refractivity contribution is 14.1. The number of halogens is 1. The molecule has 1 aromatic heterocycles. The fourth-order valence-electron chi connectivity index (χ4n) is 1.33. The third kappa shape index (κ3) is 1.67. The predicted octanol–water partition coefficient (Wildman–Crippen LogP) is 1.89. The highest BCUT2D eigenvalue weighted by atomic mass is 127. The van der Waals surface area contributed by atoms with Crippen molar-refractivity contribution >= 4 is 33.6 Å². The zero-order valence-corrected chi connectivity index (χ0v) is 9.32. The monoisotopic (exact) mass is 302 g/mol. The van der Waals surface area contributed by atoms with Crippen LogP contribution >= 0.6 is 22.6 Å². The molecule has 1 heterocycles. The molecule has 0 radical (unpaired) electrons. The summed E-state index contributed by atoms with van der Waals surface area (Å²) in [6.45, 7) is -0.150. The predicted molar refractivity (Wildman–Crippen MR) is 61.1 cm³/mol. The molecule has 0 spiro atoms. The molecule has 0 saturated heterocycles. The van der Waals surface area contributed by atoms with E-state index in [-0.39, 0.29) is 6.61 Å². The topological polar surface area (TPSA) is 50.4 Å². The number of aliphatic hydroxyl groups is 1. The fraction of sp³-hybridized carbons (Fsp3) is 0.100. The first-order chi connectivity index (χ1) is 6.70. The molecule has 14 heavy (non-hydrogen) atoms. The Hall–Kier alpha value is -0.880. The van der Waals surface area contributed by atoms with Crippen LogP contribution < -0.4 is 5.63 Å². The Morgan fingerprint density at radius 1 is 1.36 bits per heavy atom. The summed E-state index contributed by atoms with van der Waals surface area (Å²) in [5.41, 5.74) is 0.699. The van der Waals surface area contributed by atoms with Gasteiger partial charge in [-0.15, -0.1) is 0 Å². The van der Waals surface area contributed by atoms with Gasteiger partial charge >= 0.3 is 5.63 Å². The van der Waals surface area contributed by atoms with Gasteiger partial charge in [0.2, 0.25) is 0 Å². The average molecular weight is 302 g/mol. The lowest BCUT2D eigenvalue weighted by Gasteiger charge is -2.01. The summed E-state index contributed by atoms with van der Waals surface area (Å²) in [7, 11) is 0. The molecule has 0 aliphatic carbocycles. The minimum absolute atomic E-state index is 0.150. The van der Waals surface area contributed by atoms with Crippen LogP contribution in [-0.2, 0) is 6.61 Å². The van der Waals surface area contributed by atoms with Crippen molar-refractivity contribution in [2.75, 3.05) is 0 Å². The van der Waals surface area contributed by atoms with Crippen molar-refractivity contribution in [3.8, 4) is 0 Å². The first-order valence-corrected chi connectivity index (χ1v) is 5.12. The van der Waals surface area contributed by atoms with Gasteiger partial charge in [0.15, 0.2) is 0 Å². The van der Waals surface area contributed by atoms with Crippen LogP contribution in [0.25, 0.3) is 11.0 Å². The standard InChI is InChI=1S/C10H7IO3/c11-7-1-2-8-6(5-12)3-10(13)14-9(8)4-7/h1-4,12H,5H2. The summed E-state index contributed by atoms with van der Waals surface area (Å²) in [5.74, 6) is 0. The molecule has 0 amide bonds. The molecule has 0 unspecified atom stereocenters. The number of aliphatic hydroxyl groups excluding tert-OH is 1. The number of hydrogen-bond donors (Lipinski definition) is 1. The fourth-order valence-corrected chi connectivity index (χ4v) is 1.80. The second-order valence-electron chi connectivity index (χ2n) is 2.89. The molecule has 0 fully saturated rings. The lowest BCUT2D eigenvalue weighted by molar-refractivity contribution is 0.282. The third-order valence-electron chi connectivity index (χ3n) is 1.96. The third-order valence-corrected chi connectivity index (χ3v) is 2.63. The lowest BCUT2D eigenvalue weighted by atomic mass is 10.1. The van der Waals surface area contributed by atoms with Crippen molar-refractivity contribution in [1.29, 1.82) is 0 Å². The zero-order valence-electron chi connectivity index (χ0n) is 7.16. The Morgan fingerprint density at radius 3 is 2.86 bits per heavy atom. The number of rotatable bonds is 1. The Labute approximate surface area is 93.5 Å². The molecular weight excluding hydrogens is 295 g/mol. The van der Waals surface area contributed by atoms with Gasteiger partial charge in [0.1, 0.15) is 5.58 Å². The van der Waals surface area contributed by atoms with Crippen molar-refractivity contribution in [2.45, 2.75) is 6.61 Å². The maximum absolute atomic E-state index is 11.1. The molecule has 0 bridgehead atoms. The molecule has 2 aromatic rings. The first kappa shape index (κ1) is 9.67. The van der Waals surface area contributed by atoms with Crippen molar-refractivity contribution in [1.82, 2.24) is 0 Å². The van der Waals surface area contributed by atoms with Crippen LogP contribution in [0.4, 0.5) is 0 Å². The summed E-state index contributed by atoms with van der Waals surface area (Å²) >= 11 is 2.14. The van der Waals surface area contributed by atoms with Gasteiger partial charge in [-0.3, -0.25) is 0 Å². The Bertz CT molecular complexity index is 530. The van der Waals surface area contributed by atoms with Crippen LogP contribution in [0.15, 0.2) is 33.5 Å². The minimum Gasteiger partial charge on any atom is -0.423 e. The normalized spacial score (nSPS) is 10.7. The number of hydrogen-bond acceptors (Lipinski definition) is 3. The molecule has 1 aromatic carbocycles. The van der Waals surface area contributed by atoms with Crippen LogP contribution in [0.1, 0.15) is 5.56 Å². The SMILES string of the molecule is O=c1cc(CO)c2ccc(I)cc2o1. The van der Waals surface area contributed by atoms with Crippen molar-refractivity contribution in [3.05, 3.63) is 43.8 Å². The van der Waals surface area contributed by atoms with Gasteiger partial charge in [0.05, 0.1) is 6.61 Å². The highest BCUT2D eigenvalue weighted by Gasteiger charge is 2.04. The molecule has 0 aliphatic heterocycles. The van der Waals surface area contributed by atoms with E-state index in [1.54, 1.807) is 6.07 Å². The van der Waals surface area contributed by atoms with Gasteiger partial charge in [-0.25, -0.2) is 4.79 Å². The summed E-state index contributed by atoms with van der Waals surface area (Å²) in [6.07, 6.45) is 0. The average Bonchev–Trinajstić information content (AvgIpc) is 2.15. The van der Waals surface area contributed by atoms with Gasteiger partial charge in [-0.05, 0) is 46.4 Å². The van der Waals surface area contributed by atoms with Crippen LogP contribution in [-0.4, -0.2) is 5.11 Å². The van der Waals surface area contributed by atoms with Crippen molar-refractivity contribution < 1.29 is 9.52 Å². The minimum atomic E-state index is -0.427. The van der Waals surface area contributed by atoms with E-state index < -0.39 is 5.63 Å². The second-order valence-corrected chi connectivity index (χ2v) is 4.13. The van der Waals surface area contributed by atoms with Gasteiger partial charge in [0, 0.05) is 15.0 Å². The van der Waals surface area contributed by atoms with Crippen LogP contribution in [0.5, 0.6) is 0 Å². The van der Waals surface area contributed by atoms with Gasteiger partial charge in [0.25, 0.3) is 0 Å². The molecule has 1 N–H and O–H groups in total. The van der Waals surface area contributed by atoms with E-state index in [0.29, 0.717) is 11.1 Å². The molecule has 3 nitrogen and oxygen atoms in total. The Kier molecular flexibility index (Phi) is 2.56. The molecule has 72 valence electrons. The van der Waals surface area contributed by atoms with Gasteiger partial charge < -0.3 is 9.52 Å². The number of benzene rings is 1. The van der Waals surface area contributed by atoms with Gasteiger partial charge in [-0.1, -0.05) is 0 Å². The van der Waals surface area contributed by atoms with E-state index >= 15 is 0 Å². The first-order valence-electron chi connectivity index (χ1n) is 4.04. The summed E-state index contributed by atoms with van der Waals surface area (Å²) in [5, 5.41) is 9.83. The van der Waals surface area contributed by atoms with Crippen LogP contribution in [0, 0.1) is 3.57 Å². The smallest absolute Gasteiger partial charge is 0.336 e. The van der Waals surface area contributed by atoms with E-state index in [4.69, 9.17) is 9.52 Å².